The Bertz CT molecular complexity index is 558. The second-order valence-electron chi connectivity index (χ2n) is 4.17. The molecule has 2 rings (SSSR count). The van der Waals surface area contributed by atoms with Crippen LogP contribution in [0.4, 0.5) is 0 Å². The van der Waals surface area contributed by atoms with E-state index in [1.54, 1.807) is 13.2 Å². The summed E-state index contributed by atoms with van der Waals surface area (Å²) >= 11 is 16.1. The van der Waals surface area contributed by atoms with Crippen molar-refractivity contribution in [1.82, 2.24) is 0 Å². The summed E-state index contributed by atoms with van der Waals surface area (Å²) in [5.74, 6) is 0.592. The average Bonchev–Trinajstić information content (AvgIpc) is 2.42. The van der Waals surface area contributed by atoms with Crippen molar-refractivity contribution >= 4 is 39.1 Å². The smallest absolute Gasteiger partial charge is 0.138 e. The van der Waals surface area contributed by atoms with E-state index in [0.29, 0.717) is 15.8 Å². The Morgan fingerprint density at radius 3 is 2.42 bits per heavy atom. The van der Waals surface area contributed by atoms with Crippen molar-refractivity contribution in [3.63, 3.8) is 0 Å². The third kappa shape index (κ3) is 3.65. The number of benzene rings is 2. The van der Waals surface area contributed by atoms with E-state index < -0.39 is 0 Å². The molecule has 0 saturated heterocycles. The van der Waals surface area contributed by atoms with E-state index in [1.165, 1.54) is 5.56 Å². The predicted octanol–water partition coefficient (Wildman–Crippen LogP) is 5.68. The molecule has 1 unspecified atom stereocenters. The molecule has 100 valence electrons. The van der Waals surface area contributed by atoms with E-state index >= 15 is 0 Å². The summed E-state index contributed by atoms with van der Waals surface area (Å²) in [7, 11) is 1.58. The first-order valence-corrected chi connectivity index (χ1v) is 7.50. The van der Waals surface area contributed by atoms with E-state index in [2.05, 4.69) is 28.1 Å². The molecule has 0 amide bonds. The SMILES string of the molecule is COc1cc(Cl)c(C(Br)Cc2ccccc2)cc1Cl. The molecule has 2 aromatic rings. The summed E-state index contributed by atoms with van der Waals surface area (Å²) in [6.45, 7) is 0. The maximum absolute atomic E-state index is 6.27. The zero-order valence-electron chi connectivity index (χ0n) is 10.4. The number of halogens is 3. The zero-order valence-corrected chi connectivity index (χ0v) is 13.5. The standard InChI is InChI=1S/C15H13BrCl2O/c1-19-15-9-13(17)11(8-14(15)18)12(16)7-10-5-3-2-4-6-10/h2-6,8-9,12H,7H2,1H3. The minimum Gasteiger partial charge on any atom is -0.495 e. The Balaban J connectivity index is 2.24. The summed E-state index contributed by atoms with van der Waals surface area (Å²) in [6.07, 6.45) is 0.850. The van der Waals surface area contributed by atoms with Gasteiger partial charge in [-0.05, 0) is 23.6 Å². The van der Waals surface area contributed by atoms with Gasteiger partial charge >= 0.3 is 0 Å². The lowest BCUT2D eigenvalue weighted by Crippen LogP contribution is -1.97. The van der Waals surface area contributed by atoms with Gasteiger partial charge in [-0.25, -0.2) is 0 Å². The third-order valence-corrected chi connectivity index (χ3v) is 4.31. The monoisotopic (exact) mass is 358 g/mol. The average molecular weight is 360 g/mol. The van der Waals surface area contributed by atoms with Crippen molar-refractivity contribution in [2.75, 3.05) is 7.11 Å². The quantitative estimate of drug-likeness (QED) is 0.638. The molecular formula is C15H13BrCl2O. The minimum atomic E-state index is 0.116. The van der Waals surface area contributed by atoms with Gasteiger partial charge in [0.2, 0.25) is 0 Å². The second-order valence-corrected chi connectivity index (χ2v) is 6.09. The summed E-state index contributed by atoms with van der Waals surface area (Å²) < 4.78 is 5.15. The lowest BCUT2D eigenvalue weighted by atomic mass is 10.0. The summed E-state index contributed by atoms with van der Waals surface area (Å²) in [5.41, 5.74) is 2.21. The summed E-state index contributed by atoms with van der Waals surface area (Å²) in [4.78, 5) is 0.116. The van der Waals surface area contributed by atoms with Crippen molar-refractivity contribution in [2.45, 2.75) is 11.2 Å². The van der Waals surface area contributed by atoms with Crippen LogP contribution in [0, 0.1) is 0 Å². The molecule has 0 aromatic heterocycles. The predicted molar refractivity (Wildman–Crippen MR) is 84.8 cm³/mol. The van der Waals surface area contributed by atoms with Crippen molar-refractivity contribution in [3.8, 4) is 5.75 Å². The van der Waals surface area contributed by atoms with E-state index in [0.717, 1.165) is 12.0 Å². The van der Waals surface area contributed by atoms with Gasteiger partial charge in [0.05, 0.1) is 12.1 Å². The normalized spacial score (nSPS) is 12.2. The Kier molecular flexibility index (Phi) is 5.14. The zero-order chi connectivity index (χ0) is 13.8. The van der Waals surface area contributed by atoms with Crippen molar-refractivity contribution in [2.24, 2.45) is 0 Å². The highest BCUT2D eigenvalue weighted by Crippen LogP contribution is 2.38. The first-order chi connectivity index (χ1) is 9.11. The molecule has 19 heavy (non-hydrogen) atoms. The van der Waals surface area contributed by atoms with Crippen LogP contribution in [0.25, 0.3) is 0 Å². The molecule has 0 radical (unpaired) electrons. The Morgan fingerprint density at radius 2 is 1.79 bits per heavy atom. The molecule has 0 heterocycles. The van der Waals surface area contributed by atoms with Crippen LogP contribution in [-0.4, -0.2) is 7.11 Å². The van der Waals surface area contributed by atoms with E-state index in [4.69, 9.17) is 27.9 Å². The Labute approximate surface area is 131 Å². The van der Waals surface area contributed by atoms with Gasteiger partial charge in [0.1, 0.15) is 5.75 Å². The van der Waals surface area contributed by atoms with Gasteiger partial charge < -0.3 is 4.74 Å². The number of rotatable bonds is 4. The topological polar surface area (TPSA) is 9.23 Å². The van der Waals surface area contributed by atoms with Crippen molar-refractivity contribution in [3.05, 3.63) is 63.6 Å². The lowest BCUT2D eigenvalue weighted by Gasteiger charge is -2.14. The minimum absolute atomic E-state index is 0.116. The number of hydrogen-bond acceptors (Lipinski definition) is 1. The molecule has 0 saturated carbocycles. The van der Waals surface area contributed by atoms with Crippen LogP contribution in [0.15, 0.2) is 42.5 Å². The second kappa shape index (κ2) is 6.65. The molecule has 0 aliphatic carbocycles. The van der Waals surface area contributed by atoms with Crippen LogP contribution < -0.4 is 4.74 Å². The van der Waals surface area contributed by atoms with Gasteiger partial charge in [-0.2, -0.15) is 0 Å². The molecule has 2 aromatic carbocycles. The summed E-state index contributed by atoms with van der Waals surface area (Å²) in [5, 5.41) is 1.22. The van der Waals surface area contributed by atoms with Gasteiger partial charge in [-0.3, -0.25) is 0 Å². The van der Waals surface area contributed by atoms with Gasteiger partial charge in [0.15, 0.2) is 0 Å². The Hall–Kier alpha value is -0.700. The van der Waals surface area contributed by atoms with E-state index in [9.17, 15) is 0 Å². The molecule has 0 bridgehead atoms. The number of methoxy groups -OCH3 is 1. The fraction of sp³-hybridized carbons (Fsp3) is 0.200. The van der Waals surface area contributed by atoms with E-state index in [-0.39, 0.29) is 4.83 Å². The molecule has 4 heteroatoms. The molecule has 0 aliphatic rings. The fourth-order valence-electron chi connectivity index (χ4n) is 1.87. The van der Waals surface area contributed by atoms with E-state index in [1.807, 2.05) is 24.3 Å². The Morgan fingerprint density at radius 1 is 1.11 bits per heavy atom. The molecule has 0 fully saturated rings. The molecule has 0 aliphatic heterocycles. The molecular weight excluding hydrogens is 347 g/mol. The number of ether oxygens (including phenoxy) is 1. The van der Waals surface area contributed by atoms with Gasteiger partial charge in [0, 0.05) is 15.9 Å². The maximum Gasteiger partial charge on any atom is 0.138 e. The van der Waals surface area contributed by atoms with Crippen molar-refractivity contribution in [1.29, 1.82) is 0 Å². The third-order valence-electron chi connectivity index (χ3n) is 2.87. The highest BCUT2D eigenvalue weighted by Gasteiger charge is 2.15. The van der Waals surface area contributed by atoms with Crippen LogP contribution in [-0.2, 0) is 6.42 Å². The van der Waals surface area contributed by atoms with Gasteiger partial charge in [-0.15, -0.1) is 0 Å². The van der Waals surface area contributed by atoms with Gasteiger partial charge in [-0.1, -0.05) is 69.5 Å². The number of alkyl halides is 1. The van der Waals surface area contributed by atoms with Gasteiger partial charge in [0.25, 0.3) is 0 Å². The largest absolute Gasteiger partial charge is 0.495 e. The summed E-state index contributed by atoms with van der Waals surface area (Å²) in [6, 6.07) is 13.8. The highest BCUT2D eigenvalue weighted by atomic mass is 79.9. The first kappa shape index (κ1) is 14.7. The number of hydrogen-bond donors (Lipinski definition) is 0. The first-order valence-electron chi connectivity index (χ1n) is 5.82. The molecule has 1 nitrogen and oxygen atoms in total. The van der Waals surface area contributed by atoms with Crippen LogP contribution in [0.3, 0.4) is 0 Å². The van der Waals surface area contributed by atoms with Crippen LogP contribution in [0.1, 0.15) is 16.0 Å². The molecule has 0 N–H and O–H groups in total. The van der Waals surface area contributed by atoms with Crippen LogP contribution in [0.2, 0.25) is 10.0 Å². The maximum atomic E-state index is 6.27. The fourth-order valence-corrected chi connectivity index (χ4v) is 3.29. The van der Waals surface area contributed by atoms with Crippen LogP contribution in [0.5, 0.6) is 5.75 Å². The molecule has 1 atom stereocenters. The molecule has 0 spiro atoms. The lowest BCUT2D eigenvalue weighted by molar-refractivity contribution is 0.415. The van der Waals surface area contributed by atoms with Crippen molar-refractivity contribution < 1.29 is 4.74 Å². The van der Waals surface area contributed by atoms with Crippen LogP contribution >= 0.6 is 39.1 Å². The highest BCUT2D eigenvalue weighted by molar-refractivity contribution is 9.09.